The molecule has 0 spiro atoms. The van der Waals surface area contributed by atoms with Crippen LogP contribution in [0.2, 0.25) is 0 Å². The molecular weight excluding hydrogens is 256 g/mol. The second kappa shape index (κ2) is 5.17. The molecular formula is C13H11F2NO3. The third-order valence-electron chi connectivity index (χ3n) is 2.75. The van der Waals surface area contributed by atoms with E-state index in [1.807, 2.05) is 0 Å². The van der Waals surface area contributed by atoms with Crippen molar-refractivity contribution in [2.45, 2.75) is 19.8 Å². The Morgan fingerprint density at radius 3 is 2.84 bits per heavy atom. The number of nitrogens with zero attached hydrogens (tertiary/aromatic N) is 1. The summed E-state index contributed by atoms with van der Waals surface area (Å²) in [5.74, 6) is -2.15. The van der Waals surface area contributed by atoms with Crippen LogP contribution in [0.25, 0.3) is 11.3 Å². The number of carboxylic acid groups (broad SMARTS) is 1. The van der Waals surface area contributed by atoms with Crippen LogP contribution in [-0.2, 0) is 11.2 Å². The Morgan fingerprint density at radius 2 is 2.16 bits per heavy atom. The van der Waals surface area contributed by atoms with Crippen LogP contribution in [0.1, 0.15) is 17.7 Å². The van der Waals surface area contributed by atoms with E-state index in [-0.39, 0.29) is 24.2 Å². The minimum absolute atomic E-state index is 0.0546. The quantitative estimate of drug-likeness (QED) is 0.925. The van der Waals surface area contributed by atoms with Gasteiger partial charge in [-0.3, -0.25) is 4.79 Å². The lowest BCUT2D eigenvalue weighted by atomic mass is 10.0. The molecule has 0 unspecified atom stereocenters. The van der Waals surface area contributed by atoms with Crippen LogP contribution < -0.4 is 0 Å². The summed E-state index contributed by atoms with van der Waals surface area (Å²) >= 11 is 0. The summed E-state index contributed by atoms with van der Waals surface area (Å²) in [6.45, 7) is 1.63. The number of carboxylic acids is 1. The van der Waals surface area contributed by atoms with E-state index >= 15 is 0 Å². The van der Waals surface area contributed by atoms with Crippen molar-refractivity contribution in [3.8, 4) is 11.3 Å². The van der Waals surface area contributed by atoms with E-state index in [4.69, 9.17) is 9.63 Å². The van der Waals surface area contributed by atoms with E-state index in [2.05, 4.69) is 5.16 Å². The van der Waals surface area contributed by atoms with Gasteiger partial charge >= 0.3 is 5.97 Å². The molecule has 0 atom stereocenters. The highest BCUT2D eigenvalue weighted by Crippen LogP contribution is 2.29. The van der Waals surface area contributed by atoms with Crippen LogP contribution in [0.5, 0.6) is 0 Å². The standard InChI is InChI=1S/C13H11F2NO3/c1-7-9(3-5-12(17)18)13(19-16-7)10-6-8(14)2-4-11(10)15/h2,4,6H,3,5H2,1H3,(H,17,18). The zero-order valence-corrected chi connectivity index (χ0v) is 10.1. The maximum atomic E-state index is 13.7. The Hall–Kier alpha value is -2.24. The maximum Gasteiger partial charge on any atom is 0.303 e. The Morgan fingerprint density at radius 1 is 1.42 bits per heavy atom. The molecule has 0 aliphatic heterocycles. The summed E-state index contributed by atoms with van der Waals surface area (Å²) in [6.07, 6.45) is 0.0158. The van der Waals surface area contributed by atoms with Crippen molar-refractivity contribution in [3.05, 3.63) is 41.1 Å². The van der Waals surface area contributed by atoms with Crippen LogP contribution in [0.15, 0.2) is 22.7 Å². The van der Waals surface area contributed by atoms with Crippen molar-refractivity contribution >= 4 is 5.97 Å². The highest BCUT2D eigenvalue weighted by atomic mass is 19.1. The smallest absolute Gasteiger partial charge is 0.303 e. The first-order chi connectivity index (χ1) is 8.99. The van der Waals surface area contributed by atoms with E-state index in [1.165, 1.54) is 0 Å². The molecule has 1 heterocycles. The second-order valence-electron chi connectivity index (χ2n) is 4.09. The number of carbonyl (C=O) groups is 1. The fourth-order valence-electron chi connectivity index (χ4n) is 1.80. The Kier molecular flexibility index (Phi) is 3.59. The van der Waals surface area contributed by atoms with Gasteiger partial charge in [-0.05, 0) is 31.5 Å². The van der Waals surface area contributed by atoms with Crippen molar-refractivity contribution in [3.63, 3.8) is 0 Å². The molecule has 2 aromatic rings. The van der Waals surface area contributed by atoms with Gasteiger partial charge in [0.15, 0.2) is 5.76 Å². The largest absolute Gasteiger partial charge is 0.481 e. The third-order valence-corrected chi connectivity index (χ3v) is 2.75. The number of rotatable bonds is 4. The van der Waals surface area contributed by atoms with Gasteiger partial charge in [0.25, 0.3) is 0 Å². The number of benzene rings is 1. The van der Waals surface area contributed by atoms with Gasteiger partial charge in [-0.2, -0.15) is 0 Å². The normalized spacial score (nSPS) is 10.7. The average Bonchev–Trinajstić information content (AvgIpc) is 2.71. The molecule has 1 aromatic heterocycles. The molecule has 2 rings (SSSR count). The van der Waals surface area contributed by atoms with Gasteiger partial charge < -0.3 is 9.63 Å². The summed E-state index contributed by atoms with van der Waals surface area (Å²) in [5, 5.41) is 12.4. The molecule has 0 saturated heterocycles. The zero-order valence-electron chi connectivity index (χ0n) is 10.1. The third kappa shape index (κ3) is 2.78. The monoisotopic (exact) mass is 267 g/mol. The lowest BCUT2D eigenvalue weighted by Gasteiger charge is -2.03. The van der Waals surface area contributed by atoms with Crippen molar-refractivity contribution < 1.29 is 23.2 Å². The molecule has 19 heavy (non-hydrogen) atoms. The average molecular weight is 267 g/mol. The summed E-state index contributed by atoms with van der Waals surface area (Å²) in [6, 6.07) is 2.99. The minimum Gasteiger partial charge on any atom is -0.481 e. The van der Waals surface area contributed by atoms with Gasteiger partial charge in [-0.25, -0.2) is 8.78 Å². The Balaban J connectivity index is 2.44. The van der Waals surface area contributed by atoms with Crippen molar-refractivity contribution in [1.29, 1.82) is 0 Å². The summed E-state index contributed by atoms with van der Waals surface area (Å²) in [5.41, 5.74) is 0.896. The van der Waals surface area contributed by atoms with Crippen molar-refractivity contribution in [2.75, 3.05) is 0 Å². The molecule has 0 amide bonds. The Labute approximate surface area is 107 Å². The minimum atomic E-state index is -0.980. The lowest BCUT2D eigenvalue weighted by molar-refractivity contribution is -0.136. The van der Waals surface area contributed by atoms with Crippen molar-refractivity contribution in [1.82, 2.24) is 5.16 Å². The maximum absolute atomic E-state index is 13.7. The molecule has 0 aliphatic carbocycles. The number of aliphatic carboxylic acids is 1. The first-order valence-corrected chi connectivity index (χ1v) is 5.61. The highest BCUT2D eigenvalue weighted by molar-refractivity contribution is 5.69. The molecule has 0 fully saturated rings. The molecule has 100 valence electrons. The van der Waals surface area contributed by atoms with E-state index in [1.54, 1.807) is 6.92 Å². The number of aryl methyl sites for hydroxylation is 1. The van der Waals surface area contributed by atoms with Crippen LogP contribution >= 0.6 is 0 Å². The molecule has 0 aliphatic rings. The highest BCUT2D eigenvalue weighted by Gasteiger charge is 2.19. The van der Waals surface area contributed by atoms with Crippen LogP contribution in [0.3, 0.4) is 0 Å². The van der Waals surface area contributed by atoms with Crippen LogP contribution in [0.4, 0.5) is 8.78 Å². The Bertz CT molecular complexity index is 622. The van der Waals surface area contributed by atoms with E-state index in [0.29, 0.717) is 11.3 Å². The van der Waals surface area contributed by atoms with Gasteiger partial charge in [0, 0.05) is 12.0 Å². The van der Waals surface area contributed by atoms with Gasteiger partial charge in [0.1, 0.15) is 11.6 Å². The van der Waals surface area contributed by atoms with Gasteiger partial charge in [-0.15, -0.1) is 0 Å². The molecule has 6 heteroatoms. The number of aromatic nitrogens is 1. The van der Waals surface area contributed by atoms with E-state index in [9.17, 15) is 13.6 Å². The van der Waals surface area contributed by atoms with Crippen LogP contribution in [0, 0.1) is 18.6 Å². The summed E-state index contributed by atoms with van der Waals surface area (Å²) < 4.78 is 31.8. The lowest BCUT2D eigenvalue weighted by Crippen LogP contribution is -1.99. The first kappa shape index (κ1) is 13.2. The molecule has 0 radical (unpaired) electrons. The predicted octanol–water partition coefficient (Wildman–Crippen LogP) is 2.95. The second-order valence-corrected chi connectivity index (χ2v) is 4.09. The molecule has 0 bridgehead atoms. The number of hydrogen-bond donors (Lipinski definition) is 1. The summed E-state index contributed by atoms with van der Waals surface area (Å²) in [7, 11) is 0. The fourth-order valence-corrected chi connectivity index (χ4v) is 1.80. The number of hydrogen-bond acceptors (Lipinski definition) is 3. The van der Waals surface area contributed by atoms with E-state index < -0.39 is 17.6 Å². The zero-order chi connectivity index (χ0) is 14.0. The van der Waals surface area contributed by atoms with Crippen molar-refractivity contribution in [2.24, 2.45) is 0 Å². The van der Waals surface area contributed by atoms with Gasteiger partial charge in [-0.1, -0.05) is 5.16 Å². The fraction of sp³-hybridized carbons (Fsp3) is 0.231. The van der Waals surface area contributed by atoms with E-state index in [0.717, 1.165) is 18.2 Å². The molecule has 1 N–H and O–H groups in total. The summed E-state index contributed by atoms with van der Waals surface area (Å²) in [4.78, 5) is 10.6. The van der Waals surface area contributed by atoms with Crippen LogP contribution in [-0.4, -0.2) is 16.2 Å². The number of halogens is 2. The predicted molar refractivity (Wildman–Crippen MR) is 62.5 cm³/mol. The molecule has 1 aromatic carbocycles. The van der Waals surface area contributed by atoms with Gasteiger partial charge in [0.2, 0.25) is 0 Å². The first-order valence-electron chi connectivity index (χ1n) is 5.61. The molecule has 0 saturated carbocycles. The van der Waals surface area contributed by atoms with Gasteiger partial charge in [0.05, 0.1) is 11.3 Å². The topological polar surface area (TPSA) is 63.3 Å². The molecule has 4 nitrogen and oxygen atoms in total. The SMILES string of the molecule is Cc1noc(-c2cc(F)ccc2F)c1CCC(=O)O.